The molecule has 1 aromatic heterocycles. The zero-order valence-corrected chi connectivity index (χ0v) is 16.8. The van der Waals surface area contributed by atoms with Crippen LogP contribution < -0.4 is 5.32 Å². The Kier molecular flexibility index (Phi) is 6.10. The van der Waals surface area contributed by atoms with Crippen LogP contribution in [0.3, 0.4) is 0 Å². The maximum atomic E-state index is 12.6. The second-order valence-electron chi connectivity index (χ2n) is 6.88. The Hall–Kier alpha value is -2.32. The van der Waals surface area contributed by atoms with Crippen molar-refractivity contribution in [1.82, 2.24) is 9.97 Å². The fourth-order valence-electron chi connectivity index (χ4n) is 3.57. The van der Waals surface area contributed by atoms with Crippen LogP contribution in [0.15, 0.2) is 41.7 Å². The van der Waals surface area contributed by atoms with Crippen molar-refractivity contribution in [3.05, 3.63) is 47.4 Å². The van der Waals surface area contributed by atoms with Crippen molar-refractivity contribution < 1.29 is 18.0 Å². The third kappa shape index (κ3) is 4.74. The van der Waals surface area contributed by atoms with E-state index in [9.17, 15) is 18.0 Å². The number of carbonyl (C=O) groups excluding carboxylic acids is 2. The van der Waals surface area contributed by atoms with Crippen LogP contribution in [0.25, 0.3) is 0 Å². The summed E-state index contributed by atoms with van der Waals surface area (Å²) < 4.78 is 23.6. The maximum Gasteiger partial charge on any atom is 0.226 e. The number of Topliss-reactive ketones (excluding diaryl/α,β-unsaturated/α-hetero) is 1. The Morgan fingerprint density at radius 2 is 2.14 bits per heavy atom. The lowest BCUT2D eigenvalue weighted by molar-refractivity contribution is -0.122. The lowest BCUT2D eigenvalue weighted by atomic mass is 9.82. The van der Waals surface area contributed by atoms with Crippen LogP contribution in [0.5, 0.6) is 0 Å². The summed E-state index contributed by atoms with van der Waals surface area (Å²) in [6, 6.07) is 4.61. The third-order valence-corrected chi connectivity index (χ3v) is 6.44. The molecule has 1 N–H and O–H groups in total. The van der Waals surface area contributed by atoms with Gasteiger partial charge in [0.05, 0.1) is 16.1 Å². The van der Waals surface area contributed by atoms with E-state index in [0.29, 0.717) is 24.2 Å². The van der Waals surface area contributed by atoms with Crippen LogP contribution in [0.2, 0.25) is 5.02 Å². The van der Waals surface area contributed by atoms with Crippen molar-refractivity contribution in [3.8, 4) is 0 Å². The highest BCUT2D eigenvalue weighted by atomic mass is 35.5. The van der Waals surface area contributed by atoms with Gasteiger partial charge < -0.3 is 5.32 Å². The van der Waals surface area contributed by atoms with Crippen molar-refractivity contribution in [2.75, 3.05) is 11.6 Å². The zero-order chi connectivity index (χ0) is 20.3. The minimum absolute atomic E-state index is 0.0263. The number of aromatic nitrogens is 2. The van der Waals surface area contributed by atoms with Crippen LogP contribution in [0, 0.1) is 5.92 Å². The molecule has 2 aromatic rings. The molecule has 1 saturated carbocycles. The lowest BCUT2D eigenvalue weighted by Gasteiger charge is -2.23. The van der Waals surface area contributed by atoms with E-state index >= 15 is 0 Å². The first-order chi connectivity index (χ1) is 13.3. The molecule has 0 aliphatic heterocycles. The molecule has 7 nitrogen and oxygen atoms in total. The summed E-state index contributed by atoms with van der Waals surface area (Å²) in [5.41, 5.74) is 0.673. The molecular formula is C19H20ClN3O4S. The summed E-state index contributed by atoms with van der Waals surface area (Å²) in [4.78, 5) is 32.9. The van der Waals surface area contributed by atoms with E-state index in [2.05, 4.69) is 15.3 Å². The Morgan fingerprint density at radius 3 is 2.71 bits per heavy atom. The van der Waals surface area contributed by atoms with E-state index < -0.39 is 15.8 Å². The Morgan fingerprint density at radius 1 is 1.36 bits per heavy atom. The highest BCUT2D eigenvalue weighted by Crippen LogP contribution is 2.39. The van der Waals surface area contributed by atoms with E-state index in [0.717, 1.165) is 12.7 Å². The number of carbonyl (C=O) groups is 2. The third-order valence-electron chi connectivity index (χ3n) is 4.86. The number of hydrogen-bond donors (Lipinski definition) is 1. The van der Waals surface area contributed by atoms with Gasteiger partial charge in [-0.15, -0.1) is 0 Å². The fourth-order valence-corrected chi connectivity index (χ4v) is 4.90. The molecule has 3 rings (SSSR count). The normalized spacial score (nSPS) is 18.1. The minimum atomic E-state index is -3.46. The Balaban J connectivity index is 1.88. The Bertz CT molecular complexity index is 995. The molecule has 148 valence electrons. The second-order valence-corrected chi connectivity index (χ2v) is 9.27. The number of ketones is 1. The SMILES string of the molecule is CS(=O)(=O)c1ccc(C(CC(=O)Nc2cnccn2)C2CCCC2=O)cc1Cl. The molecule has 0 bridgehead atoms. The van der Waals surface area contributed by atoms with E-state index in [1.165, 1.54) is 24.7 Å². The van der Waals surface area contributed by atoms with Gasteiger partial charge >= 0.3 is 0 Å². The molecular weight excluding hydrogens is 402 g/mol. The van der Waals surface area contributed by atoms with Gasteiger partial charge in [0.1, 0.15) is 5.78 Å². The molecule has 0 radical (unpaired) electrons. The molecule has 0 saturated heterocycles. The molecule has 9 heteroatoms. The molecule has 1 amide bonds. The summed E-state index contributed by atoms with van der Waals surface area (Å²) >= 11 is 6.18. The van der Waals surface area contributed by atoms with Crippen molar-refractivity contribution >= 4 is 38.9 Å². The summed E-state index contributed by atoms with van der Waals surface area (Å²) in [5, 5.41) is 2.77. The molecule has 2 atom stereocenters. The van der Waals surface area contributed by atoms with E-state index in [1.54, 1.807) is 12.1 Å². The smallest absolute Gasteiger partial charge is 0.226 e. The summed E-state index contributed by atoms with van der Waals surface area (Å²) in [7, 11) is -3.46. The number of halogens is 1. The standard InChI is InChI=1S/C19H20ClN3O4S/c1-28(26,27)17-6-5-12(9-15(17)20)14(13-3-2-4-16(13)24)10-19(25)23-18-11-21-7-8-22-18/h5-9,11,13-14H,2-4,10H2,1H3,(H,22,23,25). The van der Waals surface area contributed by atoms with Gasteiger partial charge in [-0.2, -0.15) is 0 Å². The molecule has 1 aliphatic rings. The topological polar surface area (TPSA) is 106 Å². The monoisotopic (exact) mass is 421 g/mol. The molecule has 2 unspecified atom stereocenters. The number of rotatable bonds is 6. The molecule has 1 aliphatic carbocycles. The number of amides is 1. The van der Waals surface area contributed by atoms with Crippen molar-refractivity contribution in [2.45, 2.75) is 36.5 Å². The molecule has 28 heavy (non-hydrogen) atoms. The van der Waals surface area contributed by atoms with E-state index in [4.69, 9.17) is 11.6 Å². The first kappa shape index (κ1) is 20.4. The quantitative estimate of drug-likeness (QED) is 0.768. The molecule has 0 spiro atoms. The largest absolute Gasteiger partial charge is 0.309 e. The number of nitrogens with one attached hydrogen (secondary N) is 1. The van der Waals surface area contributed by atoms with Gasteiger partial charge in [0.2, 0.25) is 5.91 Å². The van der Waals surface area contributed by atoms with Gasteiger partial charge in [0.15, 0.2) is 15.7 Å². The van der Waals surface area contributed by atoms with Crippen molar-refractivity contribution in [3.63, 3.8) is 0 Å². The summed E-state index contributed by atoms with van der Waals surface area (Å²) in [6.07, 6.45) is 7.50. The van der Waals surface area contributed by atoms with Crippen molar-refractivity contribution in [1.29, 1.82) is 0 Å². The zero-order valence-electron chi connectivity index (χ0n) is 15.3. The van der Waals surface area contributed by atoms with Gasteiger partial charge in [0, 0.05) is 43.3 Å². The van der Waals surface area contributed by atoms with Gasteiger partial charge in [-0.05, 0) is 30.5 Å². The fraction of sp³-hybridized carbons (Fsp3) is 0.368. The first-order valence-electron chi connectivity index (χ1n) is 8.84. The number of benzene rings is 1. The van der Waals surface area contributed by atoms with Crippen LogP contribution in [0.4, 0.5) is 5.82 Å². The maximum absolute atomic E-state index is 12.6. The van der Waals surface area contributed by atoms with Gasteiger partial charge in [-0.3, -0.25) is 14.6 Å². The second kappa shape index (κ2) is 8.36. The van der Waals surface area contributed by atoms with Crippen molar-refractivity contribution in [2.24, 2.45) is 5.92 Å². The predicted octanol–water partition coefficient (Wildman–Crippen LogP) is 3.02. The van der Waals surface area contributed by atoms with Gasteiger partial charge in [-0.1, -0.05) is 17.7 Å². The Labute approximate surface area is 168 Å². The average molecular weight is 422 g/mol. The molecule has 1 aromatic carbocycles. The molecule has 1 fully saturated rings. The number of sulfone groups is 1. The molecule has 1 heterocycles. The van der Waals surface area contributed by atoms with E-state index in [-0.39, 0.29) is 33.9 Å². The number of anilines is 1. The van der Waals surface area contributed by atoms with Crippen LogP contribution in [-0.4, -0.2) is 36.3 Å². The van der Waals surface area contributed by atoms with Gasteiger partial charge in [0.25, 0.3) is 0 Å². The van der Waals surface area contributed by atoms with E-state index in [1.807, 2.05) is 0 Å². The van der Waals surface area contributed by atoms with Gasteiger partial charge in [-0.25, -0.2) is 13.4 Å². The highest BCUT2D eigenvalue weighted by molar-refractivity contribution is 7.90. The summed E-state index contributed by atoms with van der Waals surface area (Å²) in [5.74, 6) is -0.547. The van der Waals surface area contributed by atoms with Crippen LogP contribution in [-0.2, 0) is 19.4 Å². The lowest BCUT2D eigenvalue weighted by Crippen LogP contribution is -2.24. The first-order valence-corrected chi connectivity index (χ1v) is 11.1. The number of nitrogens with zero attached hydrogens (tertiary/aromatic N) is 2. The summed E-state index contributed by atoms with van der Waals surface area (Å²) in [6.45, 7) is 0. The average Bonchev–Trinajstić information content (AvgIpc) is 3.05. The predicted molar refractivity (Wildman–Crippen MR) is 105 cm³/mol. The van der Waals surface area contributed by atoms with Crippen LogP contribution in [0.1, 0.15) is 37.2 Å². The number of hydrogen-bond acceptors (Lipinski definition) is 6. The highest BCUT2D eigenvalue weighted by Gasteiger charge is 2.35. The van der Waals surface area contributed by atoms with Crippen LogP contribution >= 0.6 is 11.6 Å². The minimum Gasteiger partial charge on any atom is -0.309 e.